The molecule has 0 unspecified atom stereocenters. The van der Waals surface area contributed by atoms with Crippen LogP contribution in [0.3, 0.4) is 0 Å². The fraction of sp³-hybridized carbons (Fsp3) is 0.250. The van der Waals surface area contributed by atoms with Crippen LogP contribution in [0.4, 0.5) is 11.4 Å². The molecule has 0 atom stereocenters. The van der Waals surface area contributed by atoms with E-state index in [1.165, 1.54) is 43.1 Å². The summed E-state index contributed by atoms with van der Waals surface area (Å²) in [5.74, 6) is -0.759. The van der Waals surface area contributed by atoms with E-state index in [0.717, 1.165) is 12.0 Å². The molecule has 1 heterocycles. The van der Waals surface area contributed by atoms with Gasteiger partial charge < -0.3 is 10.1 Å². The molecule has 0 spiro atoms. The summed E-state index contributed by atoms with van der Waals surface area (Å²) in [5.41, 5.74) is 1.67. The molecule has 1 N–H and O–H groups in total. The quantitative estimate of drug-likeness (QED) is 0.120. The number of nitrogens with zero attached hydrogens (tertiary/aromatic N) is 2. The van der Waals surface area contributed by atoms with Gasteiger partial charge in [0.25, 0.3) is 11.6 Å². The molecular formula is C24H23N3O6S2. The van der Waals surface area contributed by atoms with Crippen molar-refractivity contribution >= 4 is 63.5 Å². The van der Waals surface area contributed by atoms with Gasteiger partial charge in [-0.3, -0.25) is 24.6 Å². The highest BCUT2D eigenvalue weighted by Crippen LogP contribution is 2.32. The van der Waals surface area contributed by atoms with Gasteiger partial charge in [0.05, 0.1) is 22.5 Å². The number of carbonyl (C=O) groups excluding carboxylic acids is 3. The second-order valence-corrected chi connectivity index (χ2v) is 9.29. The summed E-state index contributed by atoms with van der Waals surface area (Å²) in [6, 6.07) is 12.4. The third-order valence-electron chi connectivity index (χ3n) is 5.15. The number of carbonyl (C=O) groups is 3. The zero-order valence-corrected chi connectivity index (χ0v) is 20.5. The van der Waals surface area contributed by atoms with Crippen molar-refractivity contribution in [1.82, 2.24) is 4.90 Å². The number of esters is 1. The lowest BCUT2D eigenvalue weighted by molar-refractivity contribution is -0.384. The minimum Gasteiger partial charge on any atom is -0.465 e. The molecule has 9 nitrogen and oxygen atoms in total. The first-order valence-corrected chi connectivity index (χ1v) is 12.0. The lowest BCUT2D eigenvalue weighted by Crippen LogP contribution is -2.29. The standard InChI is InChI=1S/C24H23N3O6S2/c1-33-23(30)17-8-6-16(7-9-17)15-20-22(29)26(24(34)35-20)14-4-2-3-5-21(28)25-18-10-12-19(13-11-18)27(31)32/h6-13,15H,2-5,14H2,1H3,(H,25,28). The van der Waals surface area contributed by atoms with E-state index >= 15 is 0 Å². The molecule has 0 aromatic heterocycles. The topological polar surface area (TPSA) is 119 Å². The number of anilines is 1. The summed E-state index contributed by atoms with van der Waals surface area (Å²) < 4.78 is 5.17. The van der Waals surface area contributed by atoms with Crippen molar-refractivity contribution < 1.29 is 24.0 Å². The van der Waals surface area contributed by atoms with Gasteiger partial charge in [-0.1, -0.05) is 42.5 Å². The van der Waals surface area contributed by atoms with Gasteiger partial charge in [-0.2, -0.15) is 0 Å². The van der Waals surface area contributed by atoms with Crippen LogP contribution in [0.2, 0.25) is 0 Å². The Morgan fingerprint density at radius 1 is 1.11 bits per heavy atom. The summed E-state index contributed by atoms with van der Waals surface area (Å²) >= 11 is 6.59. The Morgan fingerprint density at radius 3 is 2.43 bits per heavy atom. The Balaban J connectivity index is 1.42. The average molecular weight is 514 g/mol. The monoisotopic (exact) mass is 513 g/mol. The van der Waals surface area contributed by atoms with Crippen LogP contribution in [0.5, 0.6) is 0 Å². The van der Waals surface area contributed by atoms with E-state index in [4.69, 9.17) is 12.2 Å². The van der Waals surface area contributed by atoms with Crippen molar-refractivity contribution in [3.8, 4) is 0 Å². The molecule has 2 aromatic rings. The molecule has 2 aromatic carbocycles. The Bertz CT molecular complexity index is 1160. The van der Waals surface area contributed by atoms with Gasteiger partial charge >= 0.3 is 5.97 Å². The highest BCUT2D eigenvalue weighted by molar-refractivity contribution is 8.26. The van der Waals surface area contributed by atoms with Gasteiger partial charge in [-0.05, 0) is 48.7 Å². The number of ether oxygens (including phenoxy) is 1. The van der Waals surface area contributed by atoms with Crippen LogP contribution in [-0.2, 0) is 14.3 Å². The number of hydrogen-bond donors (Lipinski definition) is 1. The molecular weight excluding hydrogens is 490 g/mol. The maximum Gasteiger partial charge on any atom is 0.337 e. The molecule has 1 aliphatic heterocycles. The molecule has 0 radical (unpaired) electrons. The van der Waals surface area contributed by atoms with E-state index < -0.39 is 10.9 Å². The Kier molecular flexibility index (Phi) is 9.10. The number of thiocarbonyl (C=S) groups is 1. The van der Waals surface area contributed by atoms with E-state index in [9.17, 15) is 24.5 Å². The first kappa shape index (κ1) is 26.0. The van der Waals surface area contributed by atoms with E-state index in [1.807, 2.05) is 0 Å². The number of methoxy groups -OCH3 is 1. The van der Waals surface area contributed by atoms with Crippen molar-refractivity contribution in [2.75, 3.05) is 19.0 Å². The van der Waals surface area contributed by atoms with Crippen molar-refractivity contribution in [2.45, 2.75) is 25.7 Å². The molecule has 3 rings (SSSR count). The number of non-ortho nitro benzene ring substituents is 1. The molecule has 0 saturated carbocycles. The molecule has 35 heavy (non-hydrogen) atoms. The molecule has 0 bridgehead atoms. The maximum atomic E-state index is 12.8. The predicted octanol–water partition coefficient (Wildman–Crippen LogP) is 4.78. The number of amides is 2. The second kappa shape index (κ2) is 12.2. The molecule has 11 heteroatoms. The molecule has 2 amide bonds. The lowest BCUT2D eigenvalue weighted by Gasteiger charge is -2.14. The molecule has 1 saturated heterocycles. The lowest BCUT2D eigenvalue weighted by atomic mass is 10.1. The third kappa shape index (κ3) is 7.20. The zero-order valence-electron chi connectivity index (χ0n) is 18.9. The van der Waals surface area contributed by atoms with E-state index in [2.05, 4.69) is 10.1 Å². The summed E-state index contributed by atoms with van der Waals surface area (Å²) in [7, 11) is 1.32. The number of nitro groups is 1. The second-order valence-electron chi connectivity index (χ2n) is 7.61. The number of unbranched alkanes of at least 4 members (excludes halogenated alkanes) is 2. The van der Waals surface area contributed by atoms with E-state index in [0.29, 0.717) is 46.3 Å². The molecule has 182 valence electrons. The predicted molar refractivity (Wildman–Crippen MR) is 138 cm³/mol. The smallest absolute Gasteiger partial charge is 0.337 e. The zero-order chi connectivity index (χ0) is 25.4. The van der Waals surface area contributed by atoms with Crippen LogP contribution >= 0.6 is 24.0 Å². The largest absolute Gasteiger partial charge is 0.465 e. The van der Waals surface area contributed by atoms with Gasteiger partial charge in [-0.25, -0.2) is 4.79 Å². The summed E-state index contributed by atoms with van der Waals surface area (Å²) in [6.45, 7) is 0.466. The van der Waals surface area contributed by atoms with Gasteiger partial charge in [-0.15, -0.1) is 0 Å². The summed E-state index contributed by atoms with van der Waals surface area (Å²) in [4.78, 5) is 48.6. The van der Waals surface area contributed by atoms with Gasteiger partial charge in [0.2, 0.25) is 5.91 Å². The van der Waals surface area contributed by atoms with Crippen LogP contribution in [0, 0.1) is 10.1 Å². The fourth-order valence-corrected chi connectivity index (χ4v) is 4.61. The highest BCUT2D eigenvalue weighted by atomic mass is 32.2. The van der Waals surface area contributed by atoms with Crippen LogP contribution in [-0.4, -0.2) is 45.6 Å². The fourth-order valence-electron chi connectivity index (χ4n) is 3.30. The molecule has 0 aliphatic carbocycles. The summed E-state index contributed by atoms with van der Waals surface area (Å²) in [5, 5.41) is 13.4. The van der Waals surface area contributed by atoms with Crippen LogP contribution in [0.1, 0.15) is 41.6 Å². The van der Waals surface area contributed by atoms with Crippen molar-refractivity contribution in [2.24, 2.45) is 0 Å². The number of thioether (sulfide) groups is 1. The number of rotatable bonds is 10. The van der Waals surface area contributed by atoms with Crippen molar-refractivity contribution in [3.05, 3.63) is 74.7 Å². The number of nitro benzene ring substituents is 1. The van der Waals surface area contributed by atoms with E-state index in [1.54, 1.807) is 35.2 Å². The Morgan fingerprint density at radius 2 is 1.80 bits per heavy atom. The van der Waals surface area contributed by atoms with Gasteiger partial charge in [0, 0.05) is 30.8 Å². The van der Waals surface area contributed by atoms with E-state index in [-0.39, 0.29) is 17.5 Å². The number of hydrogen-bond acceptors (Lipinski definition) is 8. The molecule has 1 fully saturated rings. The highest BCUT2D eigenvalue weighted by Gasteiger charge is 2.31. The van der Waals surface area contributed by atoms with Gasteiger partial charge in [0.15, 0.2) is 0 Å². The van der Waals surface area contributed by atoms with Crippen LogP contribution in [0.15, 0.2) is 53.4 Å². The van der Waals surface area contributed by atoms with Crippen LogP contribution in [0.25, 0.3) is 6.08 Å². The first-order valence-electron chi connectivity index (χ1n) is 10.8. The molecule has 1 aliphatic rings. The normalized spacial score (nSPS) is 14.3. The minimum atomic E-state index is -0.497. The number of benzene rings is 2. The van der Waals surface area contributed by atoms with Crippen molar-refractivity contribution in [1.29, 1.82) is 0 Å². The minimum absolute atomic E-state index is 0.0370. The third-order valence-corrected chi connectivity index (χ3v) is 6.53. The Hall–Kier alpha value is -3.57. The number of nitrogens with one attached hydrogen (secondary N) is 1. The summed E-state index contributed by atoms with van der Waals surface area (Å²) in [6.07, 6.45) is 4.10. The van der Waals surface area contributed by atoms with Crippen LogP contribution < -0.4 is 5.32 Å². The van der Waals surface area contributed by atoms with Crippen molar-refractivity contribution in [3.63, 3.8) is 0 Å². The SMILES string of the molecule is COC(=O)c1ccc(C=C2SC(=S)N(CCCCCC(=O)Nc3ccc([N+](=O)[O-])cc3)C2=O)cc1. The van der Waals surface area contributed by atoms with Gasteiger partial charge in [0.1, 0.15) is 4.32 Å². The first-order chi connectivity index (χ1) is 16.8. The maximum absolute atomic E-state index is 12.8. The average Bonchev–Trinajstić information content (AvgIpc) is 3.11. The Labute approximate surface area is 211 Å².